The fourth-order valence-electron chi connectivity index (χ4n) is 1.55. The van der Waals surface area contributed by atoms with Crippen LogP contribution in [0.15, 0.2) is 12.7 Å². The number of esters is 1. The summed E-state index contributed by atoms with van der Waals surface area (Å²) in [4.78, 5) is 23.1. The van der Waals surface area contributed by atoms with Crippen molar-refractivity contribution in [3.63, 3.8) is 0 Å². The maximum atomic E-state index is 11.7. The molecule has 90 valence electrons. The Morgan fingerprint density at radius 2 is 2.44 bits per heavy atom. The molecule has 2 atom stereocenters. The van der Waals surface area contributed by atoms with Crippen LogP contribution in [0.5, 0.6) is 0 Å². The molecule has 0 aromatic heterocycles. The summed E-state index contributed by atoms with van der Waals surface area (Å²) in [6.45, 7) is 4.56. The van der Waals surface area contributed by atoms with E-state index in [0.29, 0.717) is 26.1 Å². The summed E-state index contributed by atoms with van der Waals surface area (Å²) in [7, 11) is 1.29. The van der Waals surface area contributed by atoms with Gasteiger partial charge in [0.1, 0.15) is 6.04 Å². The molecule has 0 aromatic carbocycles. The van der Waals surface area contributed by atoms with Gasteiger partial charge in [0, 0.05) is 6.61 Å². The Hall–Kier alpha value is -1.36. The van der Waals surface area contributed by atoms with Crippen molar-refractivity contribution in [3.05, 3.63) is 12.7 Å². The number of ether oxygens (including phenoxy) is 2. The molecule has 5 heteroatoms. The van der Waals surface area contributed by atoms with E-state index >= 15 is 0 Å². The van der Waals surface area contributed by atoms with E-state index in [-0.39, 0.29) is 11.8 Å². The van der Waals surface area contributed by atoms with Gasteiger partial charge in [0.2, 0.25) is 5.91 Å². The molecule has 1 amide bonds. The number of carbonyl (C=O) groups excluding carboxylic acids is 2. The van der Waals surface area contributed by atoms with E-state index in [1.54, 1.807) is 6.08 Å². The van der Waals surface area contributed by atoms with Crippen LogP contribution in [0.4, 0.5) is 0 Å². The van der Waals surface area contributed by atoms with Gasteiger partial charge in [-0.3, -0.25) is 4.79 Å². The molecule has 0 unspecified atom stereocenters. The summed E-state index contributed by atoms with van der Waals surface area (Å²) in [5.74, 6) is -0.765. The fourth-order valence-corrected chi connectivity index (χ4v) is 1.55. The summed E-state index contributed by atoms with van der Waals surface area (Å²) in [6, 6.07) is -0.643. The molecule has 0 saturated carbocycles. The lowest BCUT2D eigenvalue weighted by Gasteiger charge is -2.16. The van der Waals surface area contributed by atoms with E-state index in [1.165, 1.54) is 7.11 Å². The fraction of sp³-hybridized carbons (Fsp3) is 0.636. The first kappa shape index (κ1) is 12.7. The zero-order chi connectivity index (χ0) is 12.0. The van der Waals surface area contributed by atoms with Crippen LogP contribution in [0, 0.1) is 5.92 Å². The van der Waals surface area contributed by atoms with E-state index in [4.69, 9.17) is 4.74 Å². The topological polar surface area (TPSA) is 64.6 Å². The van der Waals surface area contributed by atoms with Crippen molar-refractivity contribution in [1.29, 1.82) is 0 Å². The lowest BCUT2D eigenvalue weighted by Crippen LogP contribution is -2.44. The van der Waals surface area contributed by atoms with Crippen LogP contribution in [0.25, 0.3) is 0 Å². The Labute approximate surface area is 94.8 Å². The maximum Gasteiger partial charge on any atom is 0.328 e. The van der Waals surface area contributed by atoms with E-state index in [0.717, 1.165) is 0 Å². The van der Waals surface area contributed by atoms with Crippen molar-refractivity contribution < 1.29 is 19.1 Å². The quantitative estimate of drug-likeness (QED) is 0.540. The van der Waals surface area contributed by atoms with Crippen LogP contribution >= 0.6 is 0 Å². The van der Waals surface area contributed by atoms with Gasteiger partial charge in [-0.15, -0.1) is 6.58 Å². The largest absolute Gasteiger partial charge is 0.467 e. The highest BCUT2D eigenvalue weighted by atomic mass is 16.5. The Morgan fingerprint density at radius 1 is 1.69 bits per heavy atom. The molecule has 0 spiro atoms. The Morgan fingerprint density at radius 3 is 2.94 bits per heavy atom. The molecule has 1 fully saturated rings. The summed E-state index contributed by atoms with van der Waals surface area (Å²) >= 11 is 0. The number of hydrogen-bond acceptors (Lipinski definition) is 4. The third-order valence-corrected chi connectivity index (χ3v) is 2.51. The number of nitrogens with one attached hydrogen (secondary N) is 1. The molecule has 1 rings (SSSR count). The molecule has 1 saturated heterocycles. The Balaban J connectivity index is 2.49. The molecule has 5 nitrogen and oxygen atoms in total. The zero-order valence-corrected chi connectivity index (χ0v) is 9.40. The Bertz CT molecular complexity index is 271. The number of hydrogen-bond donors (Lipinski definition) is 1. The van der Waals surface area contributed by atoms with E-state index < -0.39 is 12.0 Å². The van der Waals surface area contributed by atoms with Gasteiger partial charge >= 0.3 is 5.97 Å². The standard InChI is InChI=1S/C11H17NO4/c1-3-4-9(11(14)15-2)12-10(13)8-5-6-16-7-8/h3,8-9H,1,4-7H2,2H3,(H,12,13)/t8-,9-/m0/s1. The van der Waals surface area contributed by atoms with Crippen molar-refractivity contribution >= 4 is 11.9 Å². The third kappa shape index (κ3) is 3.34. The first-order chi connectivity index (χ1) is 7.69. The van der Waals surface area contributed by atoms with Crippen molar-refractivity contribution in [3.8, 4) is 0 Å². The second-order valence-electron chi connectivity index (χ2n) is 3.67. The highest BCUT2D eigenvalue weighted by molar-refractivity contribution is 5.86. The number of carbonyl (C=O) groups is 2. The van der Waals surface area contributed by atoms with Crippen LogP contribution in [0.1, 0.15) is 12.8 Å². The van der Waals surface area contributed by atoms with Gasteiger partial charge in [-0.25, -0.2) is 4.79 Å². The van der Waals surface area contributed by atoms with Crippen LogP contribution in [-0.4, -0.2) is 38.2 Å². The molecule has 0 aromatic rings. The number of methoxy groups -OCH3 is 1. The SMILES string of the molecule is C=CC[C@H](NC(=O)[C@H]1CCOC1)C(=O)OC. The zero-order valence-electron chi connectivity index (χ0n) is 9.40. The van der Waals surface area contributed by atoms with Crippen LogP contribution in [-0.2, 0) is 19.1 Å². The van der Waals surface area contributed by atoms with Gasteiger partial charge in [0.05, 0.1) is 19.6 Å². The predicted molar refractivity (Wildman–Crippen MR) is 57.7 cm³/mol. The molecule has 16 heavy (non-hydrogen) atoms. The number of rotatable bonds is 5. The Kier molecular flexibility index (Phi) is 4.98. The van der Waals surface area contributed by atoms with Crippen molar-refractivity contribution in [2.45, 2.75) is 18.9 Å². The van der Waals surface area contributed by atoms with Crippen LogP contribution in [0.3, 0.4) is 0 Å². The summed E-state index contributed by atoms with van der Waals surface area (Å²) in [5.41, 5.74) is 0. The first-order valence-electron chi connectivity index (χ1n) is 5.26. The molecular formula is C11H17NO4. The highest BCUT2D eigenvalue weighted by Gasteiger charge is 2.27. The van der Waals surface area contributed by atoms with E-state index in [9.17, 15) is 9.59 Å². The average molecular weight is 227 g/mol. The molecule has 1 N–H and O–H groups in total. The second-order valence-corrected chi connectivity index (χ2v) is 3.67. The van der Waals surface area contributed by atoms with E-state index in [1.807, 2.05) is 0 Å². The smallest absolute Gasteiger partial charge is 0.328 e. The maximum absolute atomic E-state index is 11.7. The molecule has 1 aliphatic rings. The molecule has 0 bridgehead atoms. The summed E-state index contributed by atoms with van der Waals surface area (Å²) in [6.07, 6.45) is 2.65. The van der Waals surface area contributed by atoms with Crippen LogP contribution in [0.2, 0.25) is 0 Å². The number of amides is 1. The summed E-state index contributed by atoms with van der Waals surface area (Å²) in [5, 5.41) is 2.65. The van der Waals surface area contributed by atoms with Gasteiger partial charge in [0.15, 0.2) is 0 Å². The average Bonchev–Trinajstić information content (AvgIpc) is 2.80. The third-order valence-electron chi connectivity index (χ3n) is 2.51. The minimum atomic E-state index is -0.643. The van der Waals surface area contributed by atoms with Gasteiger partial charge in [-0.05, 0) is 12.8 Å². The molecule has 0 radical (unpaired) electrons. The lowest BCUT2D eigenvalue weighted by molar-refractivity contribution is -0.145. The second kappa shape index (κ2) is 6.27. The minimum Gasteiger partial charge on any atom is -0.467 e. The predicted octanol–water partition coefficient (Wildman–Crippen LogP) is 0.257. The lowest BCUT2D eigenvalue weighted by atomic mass is 10.1. The van der Waals surface area contributed by atoms with Gasteiger partial charge in [0.25, 0.3) is 0 Å². The van der Waals surface area contributed by atoms with Crippen molar-refractivity contribution in [2.75, 3.05) is 20.3 Å². The highest BCUT2D eigenvalue weighted by Crippen LogP contribution is 2.12. The molecule has 1 heterocycles. The summed E-state index contributed by atoms with van der Waals surface area (Å²) < 4.78 is 9.71. The van der Waals surface area contributed by atoms with Crippen LogP contribution < -0.4 is 5.32 Å². The molecule has 0 aliphatic carbocycles. The molecule has 1 aliphatic heterocycles. The van der Waals surface area contributed by atoms with Gasteiger partial charge in [-0.2, -0.15) is 0 Å². The minimum absolute atomic E-state index is 0.156. The first-order valence-corrected chi connectivity index (χ1v) is 5.26. The normalized spacial score (nSPS) is 21.2. The van der Waals surface area contributed by atoms with Gasteiger partial charge in [-0.1, -0.05) is 6.08 Å². The van der Waals surface area contributed by atoms with Crippen molar-refractivity contribution in [1.82, 2.24) is 5.32 Å². The van der Waals surface area contributed by atoms with Crippen molar-refractivity contribution in [2.24, 2.45) is 5.92 Å². The molecular weight excluding hydrogens is 210 g/mol. The van der Waals surface area contributed by atoms with Gasteiger partial charge < -0.3 is 14.8 Å². The monoisotopic (exact) mass is 227 g/mol. The van der Waals surface area contributed by atoms with E-state index in [2.05, 4.69) is 16.6 Å².